The molecule has 1 amide bonds. The highest BCUT2D eigenvalue weighted by atomic mass is 28.3. The van der Waals surface area contributed by atoms with Crippen LogP contribution < -0.4 is 5.32 Å². The van der Waals surface area contributed by atoms with E-state index in [1.165, 1.54) is 0 Å². The molecule has 0 saturated heterocycles. The summed E-state index contributed by atoms with van der Waals surface area (Å²) in [6, 6.07) is 8.93. The largest absolute Gasteiger partial charge is 0.460 e. The maximum absolute atomic E-state index is 13.2. The lowest BCUT2D eigenvalue weighted by Gasteiger charge is -2.22. The van der Waals surface area contributed by atoms with Crippen molar-refractivity contribution in [1.29, 1.82) is 0 Å². The van der Waals surface area contributed by atoms with Gasteiger partial charge in [0.2, 0.25) is 0 Å². The molecule has 0 bridgehead atoms. The predicted molar refractivity (Wildman–Crippen MR) is 162 cm³/mol. The van der Waals surface area contributed by atoms with E-state index in [0.717, 1.165) is 16.4 Å². The van der Waals surface area contributed by atoms with Gasteiger partial charge in [0.05, 0.1) is 6.42 Å². The maximum atomic E-state index is 13.2. The molecule has 3 aromatic rings. The Morgan fingerprint density at radius 2 is 1.84 bits per heavy atom. The predicted octanol–water partition coefficient (Wildman–Crippen LogP) is 3.95. The Morgan fingerprint density at radius 3 is 2.53 bits per heavy atom. The van der Waals surface area contributed by atoms with Crippen LogP contribution in [0.5, 0.6) is 0 Å². The Balaban J connectivity index is 1.60. The summed E-state index contributed by atoms with van der Waals surface area (Å²) in [6.45, 7) is 12.8. The molecule has 0 aliphatic carbocycles. The summed E-state index contributed by atoms with van der Waals surface area (Å²) in [4.78, 5) is 43.6. The molecular weight excluding hydrogens is 570 g/mol. The number of ketones is 1. The van der Waals surface area contributed by atoms with Crippen molar-refractivity contribution in [3.05, 3.63) is 59.9 Å². The first-order valence-electron chi connectivity index (χ1n) is 14.0. The van der Waals surface area contributed by atoms with E-state index in [0.29, 0.717) is 19.2 Å². The van der Waals surface area contributed by atoms with Crippen LogP contribution in [0.1, 0.15) is 44.4 Å². The SMILES string of the molecule is CC(C)(C)OC(=O)CC(NC(=O)OCc1ccccc1)C(=O)Cn1nnc(C=Cc2nccn2COCC[Si](C)(C)C)n1. The molecule has 1 aromatic carbocycles. The standard InChI is InChI=1S/C29H41N7O6Si/c1-29(2,3)42-27(38)18-23(31-28(39)41-20-22-10-8-7-9-11-22)24(37)19-36-33-25(32-34-36)12-13-26-30-14-15-35(26)21-40-16-17-43(4,5)6/h7-15,23H,16-21H2,1-6H3,(H,31,39). The van der Waals surface area contributed by atoms with E-state index in [2.05, 4.69) is 45.4 Å². The van der Waals surface area contributed by atoms with Gasteiger partial charge in [0.1, 0.15) is 37.3 Å². The van der Waals surface area contributed by atoms with Crippen LogP contribution in [0, 0.1) is 0 Å². The number of esters is 1. The Labute approximate surface area is 252 Å². The van der Waals surface area contributed by atoms with E-state index in [4.69, 9.17) is 14.2 Å². The van der Waals surface area contributed by atoms with Crippen molar-refractivity contribution < 1.29 is 28.6 Å². The zero-order valence-electron chi connectivity index (χ0n) is 25.6. The van der Waals surface area contributed by atoms with Gasteiger partial charge >= 0.3 is 12.1 Å². The van der Waals surface area contributed by atoms with Gasteiger partial charge in [-0.15, -0.1) is 10.2 Å². The van der Waals surface area contributed by atoms with Gasteiger partial charge in [-0.3, -0.25) is 9.59 Å². The maximum Gasteiger partial charge on any atom is 0.408 e. The molecule has 1 atom stereocenters. The van der Waals surface area contributed by atoms with E-state index in [-0.39, 0.29) is 25.4 Å². The van der Waals surface area contributed by atoms with Crippen LogP contribution in [0.3, 0.4) is 0 Å². The van der Waals surface area contributed by atoms with Crippen LogP contribution in [-0.4, -0.2) is 73.9 Å². The zero-order valence-corrected chi connectivity index (χ0v) is 26.6. The van der Waals surface area contributed by atoms with Crippen molar-refractivity contribution in [2.24, 2.45) is 0 Å². The van der Waals surface area contributed by atoms with Crippen molar-refractivity contribution >= 4 is 38.1 Å². The molecule has 1 N–H and O–H groups in total. The number of benzene rings is 1. The third-order valence-corrected chi connectivity index (χ3v) is 7.51. The molecule has 14 heteroatoms. The summed E-state index contributed by atoms with van der Waals surface area (Å²) in [6.07, 6.45) is 5.60. The highest BCUT2D eigenvalue weighted by Crippen LogP contribution is 2.12. The number of rotatable bonds is 15. The molecule has 3 rings (SSSR count). The topological polar surface area (TPSA) is 152 Å². The number of Topliss-reactive ketones (excluding diaryl/α,β-unsaturated/α-hetero) is 1. The summed E-state index contributed by atoms with van der Waals surface area (Å²) in [7, 11) is -1.18. The molecule has 1 unspecified atom stereocenters. The van der Waals surface area contributed by atoms with Gasteiger partial charge in [0.25, 0.3) is 0 Å². The number of nitrogens with zero attached hydrogens (tertiary/aromatic N) is 6. The number of hydrogen-bond acceptors (Lipinski definition) is 10. The summed E-state index contributed by atoms with van der Waals surface area (Å²) < 4.78 is 18.2. The van der Waals surface area contributed by atoms with Gasteiger partial charge in [-0.05, 0) is 49.7 Å². The van der Waals surface area contributed by atoms with Gasteiger partial charge in [0, 0.05) is 27.1 Å². The fourth-order valence-corrected chi connectivity index (χ4v) is 4.38. The van der Waals surface area contributed by atoms with Gasteiger partial charge < -0.3 is 24.1 Å². The average Bonchev–Trinajstić information content (AvgIpc) is 3.56. The quantitative estimate of drug-likeness (QED) is 0.152. The van der Waals surface area contributed by atoms with E-state index >= 15 is 0 Å². The number of aromatic nitrogens is 6. The summed E-state index contributed by atoms with van der Waals surface area (Å²) in [5, 5.41) is 14.6. The number of carbonyl (C=O) groups excluding carboxylic acids is 3. The van der Waals surface area contributed by atoms with E-state index in [1.54, 1.807) is 51.3 Å². The normalized spacial score (nSPS) is 12.7. The van der Waals surface area contributed by atoms with Crippen molar-refractivity contribution in [3.8, 4) is 0 Å². The molecule has 0 radical (unpaired) electrons. The zero-order chi connectivity index (χ0) is 31.5. The van der Waals surface area contributed by atoms with Crippen molar-refractivity contribution in [3.63, 3.8) is 0 Å². The Bertz CT molecular complexity index is 1380. The number of ether oxygens (including phenoxy) is 3. The molecule has 2 heterocycles. The van der Waals surface area contributed by atoms with Crippen LogP contribution in [0.4, 0.5) is 4.79 Å². The van der Waals surface area contributed by atoms with Crippen LogP contribution >= 0.6 is 0 Å². The van der Waals surface area contributed by atoms with Crippen molar-refractivity contribution in [1.82, 2.24) is 35.1 Å². The molecule has 232 valence electrons. The van der Waals surface area contributed by atoms with E-state index < -0.39 is 37.6 Å². The van der Waals surface area contributed by atoms with E-state index in [1.807, 2.05) is 29.0 Å². The minimum absolute atomic E-state index is 0.00316. The van der Waals surface area contributed by atoms with Crippen LogP contribution in [0.15, 0.2) is 42.7 Å². The van der Waals surface area contributed by atoms with E-state index in [9.17, 15) is 14.4 Å². The number of carbonyl (C=O) groups is 3. The molecule has 0 aliphatic rings. The third-order valence-electron chi connectivity index (χ3n) is 5.81. The van der Waals surface area contributed by atoms with Gasteiger partial charge in [-0.2, -0.15) is 4.80 Å². The second-order valence-electron chi connectivity index (χ2n) is 12.1. The number of tetrazole rings is 1. The number of nitrogens with one attached hydrogen (secondary N) is 1. The highest BCUT2D eigenvalue weighted by Gasteiger charge is 2.28. The third kappa shape index (κ3) is 12.7. The summed E-state index contributed by atoms with van der Waals surface area (Å²) in [5.74, 6) is -0.275. The number of imidazole rings is 1. The lowest BCUT2D eigenvalue weighted by Crippen LogP contribution is -2.45. The second-order valence-corrected chi connectivity index (χ2v) is 17.8. The van der Waals surface area contributed by atoms with Crippen molar-refractivity contribution in [2.75, 3.05) is 6.61 Å². The van der Waals surface area contributed by atoms with Gasteiger partial charge in [-0.1, -0.05) is 50.0 Å². The minimum Gasteiger partial charge on any atom is -0.460 e. The second kappa shape index (κ2) is 15.3. The van der Waals surface area contributed by atoms with Crippen LogP contribution in [0.2, 0.25) is 25.7 Å². The minimum atomic E-state index is -1.23. The molecule has 0 spiro atoms. The Kier molecular flexibility index (Phi) is 11.9. The van der Waals surface area contributed by atoms with Gasteiger partial charge in [-0.25, -0.2) is 9.78 Å². The smallest absolute Gasteiger partial charge is 0.408 e. The first kappa shape index (κ1) is 33.3. The first-order valence-corrected chi connectivity index (χ1v) is 17.7. The lowest BCUT2D eigenvalue weighted by atomic mass is 10.1. The number of alkyl carbamates (subject to hydrolysis) is 1. The average molecular weight is 612 g/mol. The monoisotopic (exact) mass is 611 g/mol. The van der Waals surface area contributed by atoms with Gasteiger partial charge in [0.15, 0.2) is 11.6 Å². The summed E-state index contributed by atoms with van der Waals surface area (Å²) in [5.41, 5.74) is 0.0132. The first-order chi connectivity index (χ1) is 20.3. The molecule has 43 heavy (non-hydrogen) atoms. The number of amides is 1. The molecular formula is C29H41N7O6Si. The Hall–Kier alpha value is -4.17. The van der Waals surface area contributed by atoms with Crippen LogP contribution in [-0.2, 0) is 43.7 Å². The molecule has 0 fully saturated rings. The highest BCUT2D eigenvalue weighted by molar-refractivity contribution is 6.76. The summed E-state index contributed by atoms with van der Waals surface area (Å²) >= 11 is 0. The van der Waals surface area contributed by atoms with Crippen molar-refractivity contribution in [2.45, 2.75) is 84.4 Å². The molecule has 0 saturated carbocycles. The van der Waals surface area contributed by atoms with Crippen LogP contribution in [0.25, 0.3) is 12.2 Å². The number of hydrogen-bond donors (Lipinski definition) is 1. The molecule has 13 nitrogen and oxygen atoms in total. The fraction of sp³-hybridized carbons (Fsp3) is 0.483. The molecule has 2 aromatic heterocycles. The lowest BCUT2D eigenvalue weighted by molar-refractivity contribution is -0.156. The molecule has 0 aliphatic heterocycles. The Morgan fingerprint density at radius 1 is 1.09 bits per heavy atom. The fourth-order valence-electron chi connectivity index (χ4n) is 3.62.